The molecule has 2 aromatic carbocycles. The van der Waals surface area contributed by atoms with Crippen LogP contribution < -0.4 is 16.4 Å². The first-order valence-electron chi connectivity index (χ1n) is 11.3. The lowest BCUT2D eigenvalue weighted by atomic mass is 10.0. The second-order valence-corrected chi connectivity index (χ2v) is 8.20. The number of fused-ring (bicyclic) bond motifs is 1. The monoisotopic (exact) mass is 464 g/mol. The number of amides is 1. The van der Waals surface area contributed by atoms with Crippen LogP contribution in [0.25, 0.3) is 22.2 Å². The molecule has 1 aliphatic heterocycles. The van der Waals surface area contributed by atoms with Crippen LogP contribution in [0.15, 0.2) is 51.7 Å². The Labute approximate surface area is 197 Å². The summed E-state index contributed by atoms with van der Waals surface area (Å²) in [6.07, 6.45) is 0.663. The maximum absolute atomic E-state index is 12.5. The number of methoxy groups -OCH3 is 1. The number of rotatable bonds is 8. The number of hydrogen-bond donors (Lipinski definition) is 2. The van der Waals surface area contributed by atoms with E-state index < -0.39 is 17.9 Å². The molecule has 2 heterocycles. The Hall–Kier alpha value is -3.45. The third kappa shape index (κ3) is 5.54. The minimum Gasteiger partial charge on any atom is -0.408 e. The van der Waals surface area contributed by atoms with E-state index in [9.17, 15) is 14.9 Å². The van der Waals surface area contributed by atoms with Gasteiger partial charge in [-0.25, -0.2) is 4.79 Å². The highest BCUT2D eigenvalue weighted by Crippen LogP contribution is 2.25. The number of carbonyl (C=O) groups is 1. The fraction of sp³-hybridized carbons (Fsp3) is 0.400. The molecule has 1 saturated heterocycles. The fourth-order valence-electron chi connectivity index (χ4n) is 3.98. The molecule has 0 radical (unpaired) electrons. The smallest absolute Gasteiger partial charge is 0.408 e. The van der Waals surface area contributed by atoms with Crippen molar-refractivity contribution in [3.63, 3.8) is 0 Å². The van der Waals surface area contributed by atoms with E-state index in [1.807, 2.05) is 36.4 Å². The van der Waals surface area contributed by atoms with E-state index in [0.29, 0.717) is 43.8 Å². The van der Waals surface area contributed by atoms with Gasteiger partial charge in [0.2, 0.25) is 0 Å². The van der Waals surface area contributed by atoms with Crippen LogP contribution in [-0.2, 0) is 27.2 Å². The average Bonchev–Trinajstić information content (AvgIpc) is 3.01. The Bertz CT molecular complexity index is 1220. The Morgan fingerprint density at radius 3 is 2.85 bits per heavy atom. The zero-order chi connectivity index (χ0) is 23.9. The van der Waals surface area contributed by atoms with Crippen LogP contribution in [-0.4, -0.2) is 56.0 Å². The van der Waals surface area contributed by atoms with Crippen molar-refractivity contribution >= 4 is 17.0 Å². The molecule has 4 rings (SSSR count). The first kappa shape index (κ1) is 23.7. The van der Waals surface area contributed by atoms with Gasteiger partial charge in [0.1, 0.15) is 12.1 Å². The van der Waals surface area contributed by atoms with Gasteiger partial charge in [-0.05, 0) is 41.8 Å². The maximum Gasteiger partial charge on any atom is 0.420 e. The van der Waals surface area contributed by atoms with Gasteiger partial charge in [-0.2, -0.15) is 5.26 Å². The lowest BCUT2D eigenvalue weighted by Gasteiger charge is -2.18. The van der Waals surface area contributed by atoms with Crippen LogP contribution in [0.2, 0.25) is 0 Å². The summed E-state index contributed by atoms with van der Waals surface area (Å²) in [6, 6.07) is 14.9. The van der Waals surface area contributed by atoms with Crippen molar-refractivity contribution in [1.29, 1.82) is 5.26 Å². The number of oxazole rings is 1. The van der Waals surface area contributed by atoms with Gasteiger partial charge in [-0.3, -0.25) is 9.36 Å². The fourth-order valence-corrected chi connectivity index (χ4v) is 3.98. The number of aromatic nitrogens is 1. The molecule has 1 fully saturated rings. The van der Waals surface area contributed by atoms with E-state index in [1.54, 1.807) is 17.7 Å². The summed E-state index contributed by atoms with van der Waals surface area (Å²) >= 11 is 0. The molecule has 3 aromatic rings. The van der Waals surface area contributed by atoms with Gasteiger partial charge in [0.15, 0.2) is 5.58 Å². The quantitative estimate of drug-likeness (QED) is 0.522. The van der Waals surface area contributed by atoms with E-state index >= 15 is 0 Å². The molecule has 178 valence electrons. The molecule has 9 nitrogen and oxygen atoms in total. The van der Waals surface area contributed by atoms with Gasteiger partial charge in [0, 0.05) is 26.7 Å². The van der Waals surface area contributed by atoms with E-state index in [2.05, 4.69) is 16.7 Å². The van der Waals surface area contributed by atoms with Crippen LogP contribution in [0.1, 0.15) is 12.0 Å². The minimum atomic E-state index is -0.650. The second-order valence-electron chi connectivity index (χ2n) is 8.20. The third-order valence-corrected chi connectivity index (χ3v) is 5.82. The molecule has 0 spiro atoms. The molecule has 2 atom stereocenters. The lowest BCUT2D eigenvalue weighted by molar-refractivity contribution is -0.132. The topological polar surface area (TPSA) is 119 Å². The van der Waals surface area contributed by atoms with Gasteiger partial charge in [0.05, 0.1) is 24.7 Å². The van der Waals surface area contributed by atoms with Crippen molar-refractivity contribution in [1.82, 2.24) is 15.2 Å². The summed E-state index contributed by atoms with van der Waals surface area (Å²) in [5, 5.41) is 15.5. The number of hydrogen-bond acceptors (Lipinski definition) is 7. The van der Waals surface area contributed by atoms with Gasteiger partial charge < -0.3 is 24.5 Å². The summed E-state index contributed by atoms with van der Waals surface area (Å²) in [4.78, 5) is 24.6. The van der Waals surface area contributed by atoms with Gasteiger partial charge >= 0.3 is 5.76 Å². The number of ether oxygens (including phenoxy) is 2. The highest BCUT2D eigenvalue weighted by Gasteiger charge is 2.23. The molecule has 0 bridgehead atoms. The highest BCUT2D eigenvalue weighted by molar-refractivity contribution is 5.82. The summed E-state index contributed by atoms with van der Waals surface area (Å²) < 4.78 is 17.5. The summed E-state index contributed by atoms with van der Waals surface area (Å²) in [5.41, 5.74) is 4.08. The Morgan fingerprint density at radius 1 is 1.29 bits per heavy atom. The lowest BCUT2D eigenvalue weighted by Crippen LogP contribution is -2.46. The van der Waals surface area contributed by atoms with Crippen LogP contribution in [0, 0.1) is 11.3 Å². The van der Waals surface area contributed by atoms with Crippen molar-refractivity contribution in [3.8, 4) is 17.2 Å². The number of carbonyl (C=O) groups excluding carboxylic acids is 1. The molecule has 34 heavy (non-hydrogen) atoms. The van der Waals surface area contributed by atoms with E-state index in [4.69, 9.17) is 13.9 Å². The zero-order valence-electron chi connectivity index (χ0n) is 19.1. The molecule has 1 aliphatic rings. The van der Waals surface area contributed by atoms with Crippen molar-refractivity contribution in [2.75, 3.05) is 33.4 Å². The Morgan fingerprint density at radius 2 is 2.09 bits per heavy atom. The van der Waals surface area contributed by atoms with Crippen LogP contribution in [0.5, 0.6) is 0 Å². The van der Waals surface area contributed by atoms with E-state index in [1.165, 1.54) is 0 Å². The van der Waals surface area contributed by atoms with Gasteiger partial charge in [-0.1, -0.05) is 30.3 Å². The highest BCUT2D eigenvalue weighted by atomic mass is 16.5. The molecule has 2 N–H and O–H groups in total. The molecule has 1 aromatic heterocycles. The summed E-state index contributed by atoms with van der Waals surface area (Å²) in [6.45, 7) is 2.60. The Balaban J connectivity index is 1.45. The number of nitrogens with zero attached hydrogens (tertiary/aromatic N) is 2. The van der Waals surface area contributed by atoms with Crippen LogP contribution >= 0.6 is 0 Å². The first-order valence-corrected chi connectivity index (χ1v) is 11.3. The first-order chi connectivity index (χ1) is 16.6. The molecule has 1 unspecified atom stereocenters. The van der Waals surface area contributed by atoms with Gasteiger partial charge in [0.25, 0.3) is 5.91 Å². The van der Waals surface area contributed by atoms with E-state index in [-0.39, 0.29) is 5.91 Å². The van der Waals surface area contributed by atoms with Crippen molar-refractivity contribution in [2.45, 2.75) is 31.5 Å². The van der Waals surface area contributed by atoms with Crippen LogP contribution in [0.3, 0.4) is 0 Å². The molecular formula is C25H28N4O5. The summed E-state index contributed by atoms with van der Waals surface area (Å²) in [5.74, 6) is -0.681. The van der Waals surface area contributed by atoms with Crippen molar-refractivity contribution < 1.29 is 18.7 Å². The molecule has 1 amide bonds. The normalized spacial score (nSPS) is 17.1. The molecular weight excluding hydrogens is 436 g/mol. The molecule has 0 saturated carbocycles. The van der Waals surface area contributed by atoms with Crippen molar-refractivity contribution in [2.24, 2.45) is 0 Å². The van der Waals surface area contributed by atoms with E-state index in [0.717, 1.165) is 29.7 Å². The Kier molecular flexibility index (Phi) is 7.75. The zero-order valence-corrected chi connectivity index (χ0v) is 19.1. The third-order valence-electron chi connectivity index (χ3n) is 5.82. The molecule has 0 aliphatic carbocycles. The standard InChI is InChI=1S/C25H28N4O5/c1-32-12-10-29-21-14-19(7-8-22(21)34-25(29)31)18-5-3-17(4-6-18)13-20(15-26)28-24(30)23-16-27-9-2-11-33-23/h3-8,14,20,23,27H,2,9-13,16H2,1H3,(H,28,30)/t20-,23?/m0/s1. The molecule has 9 heteroatoms. The summed E-state index contributed by atoms with van der Waals surface area (Å²) in [7, 11) is 1.59. The average molecular weight is 465 g/mol. The largest absolute Gasteiger partial charge is 0.420 e. The number of benzene rings is 2. The SMILES string of the molecule is COCCn1c(=O)oc2ccc(-c3ccc(C[C@@H](C#N)NC(=O)C4CNCCCO4)cc3)cc21. The second kappa shape index (κ2) is 11.1. The van der Waals surface area contributed by atoms with Gasteiger partial charge in [-0.15, -0.1) is 0 Å². The van der Waals surface area contributed by atoms with Crippen LogP contribution in [0.4, 0.5) is 0 Å². The predicted octanol–water partition coefficient (Wildman–Crippen LogP) is 1.84. The number of nitrogens with one attached hydrogen (secondary N) is 2. The predicted molar refractivity (Wildman–Crippen MR) is 126 cm³/mol. The number of nitriles is 1. The maximum atomic E-state index is 12.5. The van der Waals surface area contributed by atoms with Crippen molar-refractivity contribution in [3.05, 3.63) is 58.6 Å². The minimum absolute atomic E-state index is 0.273.